The number of amides is 1. The number of benzene rings is 1. The van der Waals surface area contributed by atoms with E-state index in [0.717, 1.165) is 31.6 Å². The first-order chi connectivity index (χ1) is 10.1. The average Bonchev–Trinajstić information content (AvgIpc) is 2.49. The maximum absolute atomic E-state index is 13.2. The predicted molar refractivity (Wildman–Crippen MR) is 87.7 cm³/mol. The van der Waals surface area contributed by atoms with Gasteiger partial charge in [0.2, 0.25) is 5.91 Å². The molecule has 0 aliphatic heterocycles. The summed E-state index contributed by atoms with van der Waals surface area (Å²) in [5.74, 6) is 0.542. The average molecular weight is 356 g/mol. The Morgan fingerprint density at radius 2 is 2.05 bits per heavy atom. The first-order valence-corrected chi connectivity index (χ1v) is 8.65. The molecule has 1 aliphatic carbocycles. The third kappa shape index (κ3) is 4.80. The second-order valence-electron chi connectivity index (χ2n) is 5.97. The summed E-state index contributed by atoms with van der Waals surface area (Å²) < 4.78 is 14.0. The highest BCUT2D eigenvalue weighted by Crippen LogP contribution is 2.33. The Hall–Kier alpha value is -0.900. The SMILES string of the molecule is CCCCC1CCC(C(=O)Nc2cc(F)ccc2Br)CC1. The summed E-state index contributed by atoms with van der Waals surface area (Å²) in [7, 11) is 0. The minimum absolute atomic E-state index is 0.0234. The van der Waals surface area contributed by atoms with Crippen molar-refractivity contribution in [2.24, 2.45) is 11.8 Å². The van der Waals surface area contributed by atoms with Gasteiger partial charge < -0.3 is 5.32 Å². The molecule has 0 aromatic heterocycles. The Labute approximate surface area is 134 Å². The molecule has 4 heteroatoms. The molecule has 1 amide bonds. The number of anilines is 1. The van der Waals surface area contributed by atoms with E-state index < -0.39 is 0 Å². The fourth-order valence-electron chi connectivity index (χ4n) is 3.03. The third-order valence-electron chi connectivity index (χ3n) is 4.37. The van der Waals surface area contributed by atoms with E-state index in [1.165, 1.54) is 31.4 Å². The number of carbonyl (C=O) groups excluding carboxylic acids is 1. The molecule has 1 aromatic rings. The topological polar surface area (TPSA) is 29.1 Å². The van der Waals surface area contributed by atoms with Gasteiger partial charge in [-0.25, -0.2) is 4.39 Å². The van der Waals surface area contributed by atoms with E-state index in [1.807, 2.05) is 0 Å². The molecule has 0 saturated heterocycles. The molecule has 1 aliphatic rings. The Balaban J connectivity index is 1.86. The first-order valence-electron chi connectivity index (χ1n) is 7.86. The van der Waals surface area contributed by atoms with E-state index in [1.54, 1.807) is 6.07 Å². The van der Waals surface area contributed by atoms with Crippen LogP contribution in [0.25, 0.3) is 0 Å². The molecule has 1 N–H and O–H groups in total. The zero-order chi connectivity index (χ0) is 15.2. The molecular weight excluding hydrogens is 333 g/mol. The van der Waals surface area contributed by atoms with Crippen LogP contribution in [0.5, 0.6) is 0 Å². The molecule has 0 unspecified atom stereocenters. The van der Waals surface area contributed by atoms with Crippen LogP contribution in [-0.2, 0) is 4.79 Å². The van der Waals surface area contributed by atoms with E-state index in [4.69, 9.17) is 0 Å². The molecule has 0 spiro atoms. The van der Waals surface area contributed by atoms with E-state index in [-0.39, 0.29) is 17.6 Å². The van der Waals surface area contributed by atoms with Crippen LogP contribution in [-0.4, -0.2) is 5.91 Å². The van der Waals surface area contributed by atoms with Gasteiger partial charge in [0.05, 0.1) is 5.69 Å². The lowest BCUT2D eigenvalue weighted by molar-refractivity contribution is -0.121. The number of hydrogen-bond acceptors (Lipinski definition) is 1. The number of nitrogens with one attached hydrogen (secondary N) is 1. The van der Waals surface area contributed by atoms with E-state index in [2.05, 4.69) is 28.2 Å². The van der Waals surface area contributed by atoms with Gasteiger partial charge in [0.25, 0.3) is 0 Å². The number of unbranched alkanes of at least 4 members (excludes halogenated alkanes) is 1. The Bertz CT molecular complexity index is 484. The molecule has 2 nitrogen and oxygen atoms in total. The maximum Gasteiger partial charge on any atom is 0.227 e. The Morgan fingerprint density at radius 3 is 2.71 bits per heavy atom. The lowest BCUT2D eigenvalue weighted by Crippen LogP contribution is -2.27. The van der Waals surface area contributed by atoms with Crippen molar-refractivity contribution >= 4 is 27.5 Å². The fraction of sp³-hybridized carbons (Fsp3) is 0.588. The third-order valence-corrected chi connectivity index (χ3v) is 5.06. The molecule has 0 radical (unpaired) electrons. The number of hydrogen-bond donors (Lipinski definition) is 1. The van der Waals surface area contributed by atoms with Gasteiger partial charge in [0.1, 0.15) is 5.82 Å². The number of rotatable bonds is 5. The van der Waals surface area contributed by atoms with E-state index in [9.17, 15) is 9.18 Å². The van der Waals surface area contributed by atoms with Crippen LogP contribution in [0.2, 0.25) is 0 Å². The van der Waals surface area contributed by atoms with Crippen molar-refractivity contribution in [1.29, 1.82) is 0 Å². The van der Waals surface area contributed by atoms with Crippen molar-refractivity contribution in [1.82, 2.24) is 0 Å². The standard InChI is InChI=1S/C17H23BrFNO/c1-2-3-4-12-5-7-13(8-6-12)17(21)20-16-11-14(19)9-10-15(16)18/h9-13H,2-8H2,1H3,(H,20,21). The van der Waals surface area contributed by atoms with Crippen molar-refractivity contribution in [2.75, 3.05) is 5.32 Å². The van der Waals surface area contributed by atoms with Crippen LogP contribution >= 0.6 is 15.9 Å². The van der Waals surface area contributed by atoms with E-state index >= 15 is 0 Å². The van der Waals surface area contributed by atoms with Crippen molar-refractivity contribution in [3.8, 4) is 0 Å². The molecule has 21 heavy (non-hydrogen) atoms. The van der Waals surface area contributed by atoms with Gasteiger partial charge in [-0.15, -0.1) is 0 Å². The highest BCUT2D eigenvalue weighted by atomic mass is 79.9. The fourth-order valence-corrected chi connectivity index (χ4v) is 3.38. The molecule has 116 valence electrons. The van der Waals surface area contributed by atoms with Gasteiger partial charge in [-0.05, 0) is 65.7 Å². The Morgan fingerprint density at radius 1 is 1.33 bits per heavy atom. The van der Waals surface area contributed by atoms with Gasteiger partial charge >= 0.3 is 0 Å². The van der Waals surface area contributed by atoms with Crippen LogP contribution in [0.15, 0.2) is 22.7 Å². The second kappa shape index (κ2) is 7.92. The van der Waals surface area contributed by atoms with Crippen LogP contribution in [0.1, 0.15) is 51.9 Å². The maximum atomic E-state index is 13.2. The van der Waals surface area contributed by atoms with Crippen LogP contribution in [0.4, 0.5) is 10.1 Å². The normalized spacial score (nSPS) is 22.0. The molecule has 1 aromatic carbocycles. The van der Waals surface area contributed by atoms with Gasteiger partial charge in [0, 0.05) is 10.4 Å². The molecule has 0 heterocycles. The van der Waals surface area contributed by atoms with Gasteiger partial charge in [-0.3, -0.25) is 4.79 Å². The minimum Gasteiger partial charge on any atom is -0.325 e. The first kappa shape index (κ1) is 16.5. The molecular formula is C17H23BrFNO. The van der Waals surface area contributed by atoms with Crippen molar-refractivity contribution < 1.29 is 9.18 Å². The molecule has 2 rings (SSSR count). The zero-order valence-corrected chi connectivity index (χ0v) is 14.1. The van der Waals surface area contributed by atoms with Gasteiger partial charge in [0.15, 0.2) is 0 Å². The summed E-state index contributed by atoms with van der Waals surface area (Å²) in [6.45, 7) is 2.22. The summed E-state index contributed by atoms with van der Waals surface area (Å²) in [6, 6.07) is 4.35. The van der Waals surface area contributed by atoms with Crippen LogP contribution in [0.3, 0.4) is 0 Å². The summed E-state index contributed by atoms with van der Waals surface area (Å²) in [5, 5.41) is 2.85. The summed E-state index contributed by atoms with van der Waals surface area (Å²) in [6.07, 6.45) is 8.01. The van der Waals surface area contributed by atoms with Crippen molar-refractivity contribution in [2.45, 2.75) is 51.9 Å². The Kier molecular flexibility index (Phi) is 6.22. The summed E-state index contributed by atoms with van der Waals surface area (Å²) >= 11 is 3.34. The monoisotopic (exact) mass is 355 g/mol. The highest BCUT2D eigenvalue weighted by molar-refractivity contribution is 9.10. The number of halogens is 2. The molecule has 0 atom stereocenters. The number of carbonyl (C=O) groups is 1. The van der Waals surface area contributed by atoms with Crippen molar-refractivity contribution in [3.63, 3.8) is 0 Å². The summed E-state index contributed by atoms with van der Waals surface area (Å²) in [4.78, 5) is 12.3. The second-order valence-corrected chi connectivity index (χ2v) is 6.83. The lowest BCUT2D eigenvalue weighted by atomic mass is 9.79. The van der Waals surface area contributed by atoms with Crippen LogP contribution in [0, 0.1) is 17.7 Å². The van der Waals surface area contributed by atoms with Gasteiger partial charge in [-0.1, -0.05) is 26.2 Å². The molecule has 1 fully saturated rings. The molecule has 0 bridgehead atoms. The van der Waals surface area contributed by atoms with Crippen LogP contribution < -0.4 is 5.32 Å². The quantitative estimate of drug-likeness (QED) is 0.739. The lowest BCUT2D eigenvalue weighted by Gasteiger charge is -2.27. The zero-order valence-electron chi connectivity index (χ0n) is 12.5. The largest absolute Gasteiger partial charge is 0.325 e. The molecule has 1 saturated carbocycles. The van der Waals surface area contributed by atoms with Crippen molar-refractivity contribution in [3.05, 3.63) is 28.5 Å². The van der Waals surface area contributed by atoms with E-state index in [0.29, 0.717) is 10.2 Å². The smallest absolute Gasteiger partial charge is 0.227 e. The summed E-state index contributed by atoms with van der Waals surface area (Å²) in [5.41, 5.74) is 0.521. The minimum atomic E-state index is -0.336. The highest BCUT2D eigenvalue weighted by Gasteiger charge is 2.26. The van der Waals surface area contributed by atoms with Gasteiger partial charge in [-0.2, -0.15) is 0 Å². The predicted octanol–water partition coefficient (Wildman–Crippen LogP) is 5.52.